The van der Waals surface area contributed by atoms with Gasteiger partial charge in [0.25, 0.3) is 0 Å². The molecule has 1 aromatic carbocycles. The molecule has 0 saturated carbocycles. The maximum absolute atomic E-state index is 13.3. The molecule has 8 heteroatoms. The number of anilines is 3. The molecular formula is C22H23F3N4O. The fourth-order valence-corrected chi connectivity index (χ4v) is 3.56. The number of hydrogen-bond acceptors (Lipinski definition) is 5. The molecule has 0 saturated heterocycles. The molecule has 0 spiro atoms. The molecule has 0 bridgehead atoms. The van der Waals surface area contributed by atoms with Crippen LogP contribution in [0.15, 0.2) is 47.1 Å². The standard InChI is InChI=1S/C22H23F3N4O/c1-21(2,3)14-6-8-15(9-7-14)27-19-16-10-12-29(13-18(16)30-28-19)20-17(22(23,24)25)5-4-11-26-20/h4-9,11H,10,12-13H2,1-3H3,(H,27,28). The highest BCUT2D eigenvalue weighted by Crippen LogP contribution is 2.37. The first-order valence-corrected chi connectivity index (χ1v) is 9.75. The third-order valence-corrected chi connectivity index (χ3v) is 5.24. The SMILES string of the molecule is CC(C)(C)c1ccc(Nc2noc3c2CCN(c2ncccc2C(F)(F)F)C3)cc1. The Labute approximate surface area is 172 Å². The van der Waals surface area contributed by atoms with E-state index in [0.717, 1.165) is 17.3 Å². The molecule has 1 N–H and O–H groups in total. The van der Waals surface area contributed by atoms with Gasteiger partial charge in [0, 0.05) is 24.0 Å². The van der Waals surface area contributed by atoms with Gasteiger partial charge in [0.1, 0.15) is 5.82 Å². The Morgan fingerprint density at radius 1 is 1.07 bits per heavy atom. The van der Waals surface area contributed by atoms with Crippen LogP contribution < -0.4 is 10.2 Å². The van der Waals surface area contributed by atoms with Gasteiger partial charge in [-0.3, -0.25) is 0 Å². The molecule has 4 rings (SSSR count). The Kier molecular flexibility index (Phi) is 4.95. The smallest absolute Gasteiger partial charge is 0.357 e. The Balaban J connectivity index is 1.53. The lowest BCUT2D eigenvalue weighted by atomic mass is 9.87. The summed E-state index contributed by atoms with van der Waals surface area (Å²) in [5, 5.41) is 7.37. The van der Waals surface area contributed by atoms with E-state index >= 15 is 0 Å². The van der Waals surface area contributed by atoms with Crippen LogP contribution in [0, 0.1) is 0 Å². The van der Waals surface area contributed by atoms with Crippen molar-refractivity contribution in [1.82, 2.24) is 10.1 Å². The van der Waals surface area contributed by atoms with Crippen molar-refractivity contribution in [3.05, 3.63) is 65.0 Å². The zero-order chi connectivity index (χ0) is 21.5. The van der Waals surface area contributed by atoms with Crippen molar-refractivity contribution in [1.29, 1.82) is 0 Å². The predicted octanol–water partition coefficient (Wildman–Crippen LogP) is 5.69. The monoisotopic (exact) mass is 416 g/mol. The highest BCUT2D eigenvalue weighted by atomic mass is 19.4. The molecule has 0 unspecified atom stereocenters. The summed E-state index contributed by atoms with van der Waals surface area (Å²) >= 11 is 0. The average Bonchev–Trinajstić information content (AvgIpc) is 3.09. The van der Waals surface area contributed by atoms with Gasteiger partial charge in [0.15, 0.2) is 11.6 Å². The van der Waals surface area contributed by atoms with Gasteiger partial charge in [0.2, 0.25) is 0 Å². The van der Waals surface area contributed by atoms with Crippen molar-refractivity contribution in [3.63, 3.8) is 0 Å². The van der Waals surface area contributed by atoms with E-state index in [-0.39, 0.29) is 17.8 Å². The summed E-state index contributed by atoms with van der Waals surface area (Å²) in [7, 11) is 0. The summed E-state index contributed by atoms with van der Waals surface area (Å²) in [6.07, 6.45) is -2.58. The van der Waals surface area contributed by atoms with E-state index in [0.29, 0.717) is 24.5 Å². The second kappa shape index (κ2) is 7.34. The second-order valence-electron chi connectivity index (χ2n) is 8.43. The molecule has 3 aromatic rings. The highest BCUT2D eigenvalue weighted by Gasteiger charge is 2.37. The first-order chi connectivity index (χ1) is 14.1. The molecule has 5 nitrogen and oxygen atoms in total. The van der Waals surface area contributed by atoms with Gasteiger partial charge in [-0.25, -0.2) is 4.98 Å². The van der Waals surface area contributed by atoms with Crippen LogP contribution >= 0.6 is 0 Å². The molecule has 0 radical (unpaired) electrons. The van der Waals surface area contributed by atoms with E-state index in [1.165, 1.54) is 17.8 Å². The number of nitrogens with one attached hydrogen (secondary N) is 1. The van der Waals surface area contributed by atoms with E-state index in [2.05, 4.69) is 48.4 Å². The van der Waals surface area contributed by atoms with Gasteiger partial charge < -0.3 is 14.7 Å². The van der Waals surface area contributed by atoms with Gasteiger partial charge in [-0.15, -0.1) is 0 Å². The van der Waals surface area contributed by atoms with Gasteiger partial charge in [-0.2, -0.15) is 13.2 Å². The van der Waals surface area contributed by atoms with Crippen LogP contribution in [0.4, 0.5) is 30.5 Å². The van der Waals surface area contributed by atoms with E-state index in [9.17, 15) is 13.2 Å². The fourth-order valence-electron chi connectivity index (χ4n) is 3.56. The van der Waals surface area contributed by atoms with E-state index in [1.54, 1.807) is 4.90 Å². The van der Waals surface area contributed by atoms with E-state index < -0.39 is 11.7 Å². The zero-order valence-electron chi connectivity index (χ0n) is 17.0. The third kappa shape index (κ3) is 3.99. The van der Waals surface area contributed by atoms with Gasteiger partial charge in [-0.05, 0) is 41.7 Å². The molecule has 1 aliphatic rings. The average molecular weight is 416 g/mol. The van der Waals surface area contributed by atoms with E-state index in [1.807, 2.05) is 12.1 Å². The normalized spacial score (nSPS) is 14.5. The Hall–Kier alpha value is -3.03. The van der Waals surface area contributed by atoms with E-state index in [4.69, 9.17) is 4.52 Å². The summed E-state index contributed by atoms with van der Waals surface area (Å²) in [6, 6.07) is 10.4. The molecule has 0 fully saturated rings. The minimum absolute atomic E-state index is 0.0653. The Morgan fingerprint density at radius 3 is 2.47 bits per heavy atom. The van der Waals surface area contributed by atoms with Crippen molar-refractivity contribution in [2.45, 2.75) is 45.3 Å². The largest absolute Gasteiger partial charge is 0.419 e. The number of aromatic nitrogens is 2. The van der Waals surface area contributed by atoms with Crippen molar-refractivity contribution < 1.29 is 17.7 Å². The van der Waals surface area contributed by atoms with Crippen LogP contribution in [-0.4, -0.2) is 16.7 Å². The number of alkyl halides is 3. The molecule has 3 heterocycles. The third-order valence-electron chi connectivity index (χ3n) is 5.24. The maximum Gasteiger partial charge on any atom is 0.419 e. The molecule has 0 atom stereocenters. The van der Waals surface area contributed by atoms with Crippen LogP contribution in [0.2, 0.25) is 0 Å². The van der Waals surface area contributed by atoms with Gasteiger partial charge >= 0.3 is 6.18 Å². The summed E-state index contributed by atoms with van der Waals surface area (Å²) in [5.74, 6) is 1.07. The second-order valence-corrected chi connectivity index (χ2v) is 8.43. The van der Waals surface area contributed by atoms with Crippen LogP contribution in [0.3, 0.4) is 0 Å². The number of hydrogen-bond donors (Lipinski definition) is 1. The van der Waals surface area contributed by atoms with Crippen molar-refractivity contribution in [3.8, 4) is 0 Å². The number of benzene rings is 1. The maximum atomic E-state index is 13.3. The molecular weight excluding hydrogens is 393 g/mol. The summed E-state index contributed by atoms with van der Waals surface area (Å²) in [4.78, 5) is 5.55. The van der Waals surface area contributed by atoms with Crippen molar-refractivity contribution in [2.75, 3.05) is 16.8 Å². The topological polar surface area (TPSA) is 54.2 Å². The Bertz CT molecular complexity index is 1040. The quantitative estimate of drug-likeness (QED) is 0.594. The fraction of sp³-hybridized carbons (Fsp3) is 0.364. The number of nitrogens with zero attached hydrogens (tertiary/aromatic N) is 3. The summed E-state index contributed by atoms with van der Waals surface area (Å²) < 4.78 is 45.5. The van der Waals surface area contributed by atoms with Crippen LogP contribution in [0.1, 0.15) is 43.2 Å². The summed E-state index contributed by atoms with van der Waals surface area (Å²) in [6.45, 7) is 7.04. The molecule has 1 aliphatic heterocycles. The predicted molar refractivity (Wildman–Crippen MR) is 109 cm³/mol. The van der Waals surface area contributed by atoms with Crippen LogP contribution in [0.25, 0.3) is 0 Å². The van der Waals surface area contributed by atoms with Crippen molar-refractivity contribution >= 4 is 17.3 Å². The first kappa shape index (κ1) is 20.3. The Morgan fingerprint density at radius 2 is 1.80 bits per heavy atom. The highest BCUT2D eigenvalue weighted by molar-refractivity contribution is 5.62. The van der Waals surface area contributed by atoms with Gasteiger partial charge in [0.05, 0.1) is 12.1 Å². The number of fused-ring (bicyclic) bond motifs is 1. The molecule has 158 valence electrons. The summed E-state index contributed by atoms with van der Waals surface area (Å²) in [5.41, 5.74) is 2.31. The molecule has 0 aliphatic carbocycles. The molecule has 30 heavy (non-hydrogen) atoms. The molecule has 2 aromatic heterocycles. The zero-order valence-corrected chi connectivity index (χ0v) is 17.0. The number of halogens is 3. The lowest BCUT2D eigenvalue weighted by molar-refractivity contribution is -0.137. The minimum Gasteiger partial charge on any atom is -0.357 e. The van der Waals surface area contributed by atoms with Gasteiger partial charge in [-0.1, -0.05) is 38.1 Å². The number of rotatable bonds is 3. The lowest BCUT2D eigenvalue weighted by Gasteiger charge is -2.28. The lowest BCUT2D eigenvalue weighted by Crippen LogP contribution is -2.32. The number of pyridine rings is 1. The van der Waals surface area contributed by atoms with Crippen LogP contribution in [-0.2, 0) is 24.6 Å². The van der Waals surface area contributed by atoms with Crippen molar-refractivity contribution in [2.24, 2.45) is 0 Å². The minimum atomic E-state index is -4.46. The molecule has 0 amide bonds. The van der Waals surface area contributed by atoms with Crippen LogP contribution in [0.5, 0.6) is 0 Å². The first-order valence-electron chi connectivity index (χ1n) is 9.75.